The minimum Gasteiger partial charge on any atom is -0.497 e. The van der Waals surface area contributed by atoms with E-state index in [0.29, 0.717) is 11.8 Å². The van der Waals surface area contributed by atoms with Gasteiger partial charge in [0.1, 0.15) is 5.75 Å². The molecule has 2 aliphatic rings. The number of hydrogen-bond donors (Lipinski definition) is 1. The quantitative estimate of drug-likeness (QED) is 0.655. The van der Waals surface area contributed by atoms with Crippen LogP contribution in [-0.4, -0.2) is 18.3 Å². The third kappa shape index (κ3) is 2.16. The zero-order chi connectivity index (χ0) is 12.5. The molecule has 0 heterocycles. The SMILES string of the molecule is COc1ccc([C@H](O)O[C@H]2C[C@H]3C=C[C@H]2C3)cc1. The van der Waals surface area contributed by atoms with Crippen molar-refractivity contribution in [3.8, 4) is 5.75 Å². The highest BCUT2D eigenvalue weighted by atomic mass is 16.6. The van der Waals surface area contributed by atoms with Crippen LogP contribution in [0.4, 0.5) is 0 Å². The van der Waals surface area contributed by atoms with Gasteiger partial charge in [-0.2, -0.15) is 0 Å². The van der Waals surface area contributed by atoms with Crippen LogP contribution in [0.2, 0.25) is 0 Å². The van der Waals surface area contributed by atoms with Gasteiger partial charge in [0.15, 0.2) is 6.29 Å². The van der Waals surface area contributed by atoms with E-state index in [2.05, 4.69) is 12.2 Å². The number of aliphatic hydroxyl groups is 1. The van der Waals surface area contributed by atoms with Gasteiger partial charge in [0.2, 0.25) is 0 Å². The van der Waals surface area contributed by atoms with Gasteiger partial charge < -0.3 is 14.6 Å². The largest absolute Gasteiger partial charge is 0.497 e. The Hall–Kier alpha value is -1.32. The van der Waals surface area contributed by atoms with Crippen molar-refractivity contribution in [2.75, 3.05) is 7.11 Å². The minimum atomic E-state index is -0.839. The lowest BCUT2D eigenvalue weighted by Crippen LogP contribution is -2.21. The molecule has 0 amide bonds. The molecule has 0 aromatic heterocycles. The van der Waals surface area contributed by atoms with Crippen molar-refractivity contribution in [3.05, 3.63) is 42.0 Å². The molecular formula is C15H18O3. The minimum absolute atomic E-state index is 0.164. The molecule has 0 aliphatic heterocycles. The lowest BCUT2D eigenvalue weighted by molar-refractivity contribution is -0.146. The molecule has 2 aliphatic carbocycles. The average Bonchev–Trinajstić information content (AvgIpc) is 3.01. The lowest BCUT2D eigenvalue weighted by atomic mass is 10.0. The van der Waals surface area contributed by atoms with Gasteiger partial charge in [-0.15, -0.1) is 0 Å². The molecule has 4 atom stereocenters. The van der Waals surface area contributed by atoms with E-state index in [1.54, 1.807) is 7.11 Å². The van der Waals surface area contributed by atoms with Gasteiger partial charge >= 0.3 is 0 Å². The standard InChI is InChI=1S/C15H18O3/c1-17-13-6-4-11(5-7-13)15(16)18-14-9-10-2-3-12(14)8-10/h2-7,10,12,14-16H,8-9H2,1H3/t10-,12-,14-,15+/m0/s1. The normalized spacial score (nSPS) is 30.7. The molecule has 0 radical (unpaired) electrons. The first-order valence-electron chi connectivity index (χ1n) is 6.42. The first-order chi connectivity index (χ1) is 8.76. The van der Waals surface area contributed by atoms with Crippen LogP contribution in [0, 0.1) is 11.8 Å². The zero-order valence-electron chi connectivity index (χ0n) is 10.5. The number of rotatable bonds is 4. The lowest BCUT2D eigenvalue weighted by Gasteiger charge is -2.23. The molecule has 1 aromatic rings. The molecule has 1 aromatic carbocycles. The van der Waals surface area contributed by atoms with E-state index in [1.165, 1.54) is 6.42 Å². The number of methoxy groups -OCH3 is 1. The first kappa shape index (κ1) is 11.8. The van der Waals surface area contributed by atoms with E-state index in [0.717, 1.165) is 17.7 Å². The van der Waals surface area contributed by atoms with Gasteiger partial charge in [-0.25, -0.2) is 0 Å². The van der Waals surface area contributed by atoms with Crippen LogP contribution in [0.3, 0.4) is 0 Å². The Bertz CT molecular complexity index is 438. The van der Waals surface area contributed by atoms with Crippen LogP contribution < -0.4 is 4.74 Å². The van der Waals surface area contributed by atoms with Gasteiger partial charge in [-0.1, -0.05) is 24.3 Å². The number of benzene rings is 1. The summed E-state index contributed by atoms with van der Waals surface area (Å²) in [4.78, 5) is 0. The smallest absolute Gasteiger partial charge is 0.181 e. The van der Waals surface area contributed by atoms with Crippen LogP contribution in [0.1, 0.15) is 24.7 Å². The molecule has 1 saturated carbocycles. The fraction of sp³-hybridized carbons (Fsp3) is 0.467. The van der Waals surface area contributed by atoms with Gasteiger partial charge in [-0.3, -0.25) is 0 Å². The Morgan fingerprint density at radius 2 is 1.94 bits per heavy atom. The van der Waals surface area contributed by atoms with E-state index in [1.807, 2.05) is 24.3 Å². The number of allylic oxidation sites excluding steroid dienone is 1. The predicted octanol–water partition coefficient (Wildman–Crippen LogP) is 2.67. The third-order valence-corrected chi connectivity index (χ3v) is 3.92. The van der Waals surface area contributed by atoms with Gasteiger partial charge in [-0.05, 0) is 30.9 Å². The summed E-state index contributed by atoms with van der Waals surface area (Å²) < 4.78 is 10.9. The van der Waals surface area contributed by atoms with E-state index < -0.39 is 6.29 Å². The van der Waals surface area contributed by atoms with Crippen molar-refractivity contribution in [1.82, 2.24) is 0 Å². The Morgan fingerprint density at radius 3 is 2.50 bits per heavy atom. The molecular weight excluding hydrogens is 228 g/mol. The summed E-state index contributed by atoms with van der Waals surface area (Å²) in [6.45, 7) is 0. The molecule has 18 heavy (non-hydrogen) atoms. The van der Waals surface area contributed by atoms with Gasteiger partial charge in [0, 0.05) is 11.5 Å². The van der Waals surface area contributed by atoms with E-state index in [9.17, 15) is 5.11 Å². The predicted molar refractivity (Wildman–Crippen MR) is 68.2 cm³/mol. The molecule has 3 rings (SSSR count). The average molecular weight is 246 g/mol. The molecule has 1 fully saturated rings. The van der Waals surface area contributed by atoms with Crippen molar-refractivity contribution in [3.63, 3.8) is 0 Å². The Kier molecular flexibility index (Phi) is 3.10. The first-order valence-corrected chi connectivity index (χ1v) is 6.42. The fourth-order valence-corrected chi connectivity index (χ4v) is 2.90. The molecule has 2 bridgehead atoms. The Labute approximate surface area is 107 Å². The van der Waals surface area contributed by atoms with Gasteiger partial charge in [0.25, 0.3) is 0 Å². The monoisotopic (exact) mass is 246 g/mol. The van der Waals surface area contributed by atoms with Crippen LogP contribution in [-0.2, 0) is 4.74 Å². The van der Waals surface area contributed by atoms with E-state index in [4.69, 9.17) is 9.47 Å². The second-order valence-corrected chi connectivity index (χ2v) is 5.08. The Balaban J connectivity index is 1.63. The second kappa shape index (κ2) is 4.75. The molecule has 3 heteroatoms. The van der Waals surface area contributed by atoms with E-state index in [-0.39, 0.29) is 6.10 Å². The fourth-order valence-electron chi connectivity index (χ4n) is 2.90. The Morgan fingerprint density at radius 1 is 1.17 bits per heavy atom. The summed E-state index contributed by atoms with van der Waals surface area (Å²) in [7, 11) is 1.63. The van der Waals surface area contributed by atoms with Crippen molar-refractivity contribution in [2.45, 2.75) is 25.2 Å². The zero-order valence-corrected chi connectivity index (χ0v) is 10.5. The van der Waals surface area contributed by atoms with Crippen LogP contribution in [0.15, 0.2) is 36.4 Å². The summed E-state index contributed by atoms with van der Waals surface area (Å²) in [5.74, 6) is 1.93. The van der Waals surface area contributed by atoms with Crippen molar-refractivity contribution >= 4 is 0 Å². The number of aliphatic hydroxyl groups excluding tert-OH is 1. The number of fused-ring (bicyclic) bond motifs is 2. The van der Waals surface area contributed by atoms with Crippen molar-refractivity contribution in [2.24, 2.45) is 11.8 Å². The number of ether oxygens (including phenoxy) is 2. The molecule has 3 nitrogen and oxygen atoms in total. The highest BCUT2D eigenvalue weighted by Crippen LogP contribution is 2.42. The molecule has 0 saturated heterocycles. The number of hydrogen-bond acceptors (Lipinski definition) is 3. The summed E-state index contributed by atoms with van der Waals surface area (Å²) >= 11 is 0. The third-order valence-electron chi connectivity index (χ3n) is 3.92. The molecule has 1 N–H and O–H groups in total. The summed E-state index contributed by atoms with van der Waals surface area (Å²) in [6.07, 6.45) is 6.03. The summed E-state index contributed by atoms with van der Waals surface area (Å²) in [5.41, 5.74) is 0.780. The molecule has 0 spiro atoms. The maximum Gasteiger partial charge on any atom is 0.181 e. The highest BCUT2D eigenvalue weighted by Gasteiger charge is 2.37. The summed E-state index contributed by atoms with van der Waals surface area (Å²) in [5, 5.41) is 10.1. The summed E-state index contributed by atoms with van der Waals surface area (Å²) in [6, 6.07) is 7.35. The van der Waals surface area contributed by atoms with Gasteiger partial charge in [0.05, 0.1) is 13.2 Å². The van der Waals surface area contributed by atoms with Crippen molar-refractivity contribution < 1.29 is 14.6 Å². The highest BCUT2D eigenvalue weighted by molar-refractivity contribution is 5.27. The van der Waals surface area contributed by atoms with Crippen LogP contribution in [0.25, 0.3) is 0 Å². The topological polar surface area (TPSA) is 38.7 Å². The molecule has 96 valence electrons. The van der Waals surface area contributed by atoms with Crippen LogP contribution in [0.5, 0.6) is 5.75 Å². The maximum absolute atomic E-state index is 10.1. The maximum atomic E-state index is 10.1. The second-order valence-electron chi connectivity index (χ2n) is 5.08. The van der Waals surface area contributed by atoms with Crippen LogP contribution >= 0.6 is 0 Å². The molecule has 0 unspecified atom stereocenters. The van der Waals surface area contributed by atoms with Crippen molar-refractivity contribution in [1.29, 1.82) is 0 Å². The van der Waals surface area contributed by atoms with E-state index >= 15 is 0 Å².